The van der Waals surface area contributed by atoms with Crippen molar-refractivity contribution in [3.05, 3.63) is 0 Å². The van der Waals surface area contributed by atoms with Crippen LogP contribution in [-0.2, 0) is 4.74 Å². The number of nitrogens with zero attached hydrogens (tertiary/aromatic N) is 2. The maximum atomic E-state index is 8.81. The average molecular weight is 271 g/mol. The van der Waals surface area contributed by atoms with Gasteiger partial charge in [0.15, 0.2) is 0 Å². The summed E-state index contributed by atoms with van der Waals surface area (Å²) in [5.41, 5.74) is 5.47. The first-order chi connectivity index (χ1) is 8.92. The van der Waals surface area contributed by atoms with E-state index in [2.05, 4.69) is 17.0 Å². The van der Waals surface area contributed by atoms with Crippen molar-refractivity contribution in [2.24, 2.45) is 22.2 Å². The van der Waals surface area contributed by atoms with E-state index in [1.807, 2.05) is 13.8 Å². The van der Waals surface area contributed by atoms with Crippen LogP contribution in [0.25, 0.3) is 0 Å². The van der Waals surface area contributed by atoms with Crippen molar-refractivity contribution in [1.82, 2.24) is 4.90 Å². The molecule has 1 rings (SSSR count). The highest BCUT2D eigenvalue weighted by molar-refractivity contribution is 5.85. The fourth-order valence-corrected chi connectivity index (χ4v) is 2.29. The highest BCUT2D eigenvalue weighted by Crippen LogP contribution is 2.35. The summed E-state index contributed by atoms with van der Waals surface area (Å²) < 4.78 is 5.19. The Balaban J connectivity index is 2.51. The minimum atomic E-state index is -0.274. The lowest BCUT2D eigenvalue weighted by Gasteiger charge is -2.32. The molecule has 0 bridgehead atoms. The molecule has 0 radical (unpaired) electrons. The van der Waals surface area contributed by atoms with Crippen molar-refractivity contribution in [3.63, 3.8) is 0 Å². The minimum Gasteiger partial charge on any atom is -0.409 e. The van der Waals surface area contributed by atoms with Crippen LogP contribution in [-0.4, -0.2) is 48.8 Å². The van der Waals surface area contributed by atoms with E-state index in [1.54, 1.807) is 7.11 Å². The molecule has 1 unspecified atom stereocenters. The molecule has 0 spiro atoms. The van der Waals surface area contributed by atoms with Gasteiger partial charge in [0.05, 0.1) is 6.61 Å². The van der Waals surface area contributed by atoms with E-state index in [0.717, 1.165) is 32.0 Å². The monoisotopic (exact) mass is 271 g/mol. The van der Waals surface area contributed by atoms with Gasteiger partial charge in [-0.15, -0.1) is 0 Å². The van der Waals surface area contributed by atoms with E-state index in [1.165, 1.54) is 12.8 Å². The number of methoxy groups -OCH3 is 1. The molecule has 1 saturated carbocycles. The van der Waals surface area contributed by atoms with Gasteiger partial charge < -0.3 is 15.7 Å². The number of nitrogens with two attached hydrogens (primary N) is 1. The maximum Gasteiger partial charge on any atom is 0.144 e. The lowest BCUT2D eigenvalue weighted by atomic mass is 9.87. The minimum absolute atomic E-state index is 0.274. The fourth-order valence-electron chi connectivity index (χ4n) is 2.29. The molecule has 0 amide bonds. The van der Waals surface area contributed by atoms with Gasteiger partial charge in [-0.05, 0) is 38.6 Å². The van der Waals surface area contributed by atoms with Crippen LogP contribution in [0.2, 0.25) is 0 Å². The second kappa shape index (κ2) is 7.10. The van der Waals surface area contributed by atoms with E-state index >= 15 is 0 Å². The van der Waals surface area contributed by atoms with E-state index in [-0.39, 0.29) is 5.41 Å². The van der Waals surface area contributed by atoms with Crippen LogP contribution in [0.5, 0.6) is 0 Å². The van der Waals surface area contributed by atoms with Gasteiger partial charge in [0.2, 0.25) is 0 Å². The number of amidine groups is 1. The molecule has 112 valence electrons. The predicted octanol–water partition coefficient (Wildman–Crippen LogP) is 1.90. The molecule has 0 aromatic heterocycles. The molecular weight excluding hydrogens is 242 g/mol. The first kappa shape index (κ1) is 16.2. The van der Waals surface area contributed by atoms with Crippen molar-refractivity contribution < 1.29 is 9.94 Å². The van der Waals surface area contributed by atoms with Gasteiger partial charge in [-0.3, -0.25) is 4.90 Å². The third kappa shape index (κ3) is 4.99. The fraction of sp³-hybridized carbons (Fsp3) is 0.929. The van der Waals surface area contributed by atoms with Crippen LogP contribution >= 0.6 is 0 Å². The standard InChI is InChI=1S/C14H29N3O2/c1-11(12-5-6-12)17(9-10-19-4)8-7-14(2,3)13(15)16-18/h11-12,18H,5-10H2,1-4H3,(H2,15,16). The van der Waals surface area contributed by atoms with Crippen LogP contribution < -0.4 is 5.73 Å². The smallest absolute Gasteiger partial charge is 0.144 e. The molecule has 5 nitrogen and oxygen atoms in total. The van der Waals surface area contributed by atoms with Crippen molar-refractivity contribution in [2.45, 2.75) is 46.1 Å². The van der Waals surface area contributed by atoms with Crippen LogP contribution in [0.3, 0.4) is 0 Å². The molecule has 5 heteroatoms. The zero-order valence-corrected chi connectivity index (χ0v) is 12.7. The lowest BCUT2D eigenvalue weighted by molar-refractivity contribution is 0.110. The van der Waals surface area contributed by atoms with Crippen LogP contribution in [0.1, 0.15) is 40.0 Å². The molecule has 1 aliphatic carbocycles. The average Bonchev–Trinajstić information content (AvgIpc) is 3.21. The largest absolute Gasteiger partial charge is 0.409 e. The highest BCUT2D eigenvalue weighted by Gasteiger charge is 2.33. The van der Waals surface area contributed by atoms with Crippen molar-refractivity contribution in [1.29, 1.82) is 0 Å². The zero-order valence-electron chi connectivity index (χ0n) is 12.7. The molecule has 1 fully saturated rings. The number of hydrogen-bond acceptors (Lipinski definition) is 4. The van der Waals surface area contributed by atoms with Crippen LogP contribution in [0.15, 0.2) is 5.16 Å². The molecular formula is C14H29N3O2. The molecule has 0 heterocycles. The van der Waals surface area contributed by atoms with E-state index in [4.69, 9.17) is 15.7 Å². The molecule has 0 aliphatic heterocycles. The Morgan fingerprint density at radius 1 is 1.47 bits per heavy atom. The van der Waals surface area contributed by atoms with Crippen molar-refractivity contribution >= 4 is 5.84 Å². The Hall–Kier alpha value is -0.810. The SMILES string of the molecule is COCCN(CCC(C)(C)C(N)=NO)C(C)C1CC1. The Bertz CT molecular complexity index is 301. The second-order valence-electron chi connectivity index (χ2n) is 6.23. The first-order valence-electron chi connectivity index (χ1n) is 7.13. The summed E-state index contributed by atoms with van der Waals surface area (Å²) in [5.74, 6) is 1.14. The highest BCUT2D eigenvalue weighted by atomic mass is 16.5. The topological polar surface area (TPSA) is 71.1 Å². The summed E-state index contributed by atoms with van der Waals surface area (Å²) in [5, 5.41) is 12.0. The van der Waals surface area contributed by atoms with E-state index < -0.39 is 0 Å². The van der Waals surface area contributed by atoms with Gasteiger partial charge in [0, 0.05) is 25.1 Å². The molecule has 1 atom stereocenters. The quantitative estimate of drug-likeness (QED) is 0.291. The molecule has 0 saturated heterocycles. The Kier molecular flexibility index (Phi) is 6.07. The summed E-state index contributed by atoms with van der Waals surface area (Å²) in [6.07, 6.45) is 3.56. The second-order valence-corrected chi connectivity index (χ2v) is 6.23. The third-order valence-corrected chi connectivity index (χ3v) is 4.29. The molecule has 0 aromatic carbocycles. The van der Waals surface area contributed by atoms with Crippen LogP contribution in [0.4, 0.5) is 0 Å². The van der Waals surface area contributed by atoms with Gasteiger partial charge in [-0.1, -0.05) is 19.0 Å². The molecule has 19 heavy (non-hydrogen) atoms. The van der Waals surface area contributed by atoms with E-state index in [0.29, 0.717) is 11.9 Å². The Morgan fingerprint density at radius 3 is 2.58 bits per heavy atom. The molecule has 0 aromatic rings. The number of hydrogen-bond donors (Lipinski definition) is 2. The summed E-state index contributed by atoms with van der Waals surface area (Å²) in [4.78, 5) is 2.47. The van der Waals surface area contributed by atoms with Gasteiger partial charge in [0.25, 0.3) is 0 Å². The van der Waals surface area contributed by atoms with Gasteiger partial charge in [-0.2, -0.15) is 0 Å². The zero-order chi connectivity index (χ0) is 14.5. The summed E-state index contributed by atoms with van der Waals surface area (Å²) in [6, 6.07) is 0.596. The first-order valence-corrected chi connectivity index (χ1v) is 7.13. The number of oxime groups is 1. The molecule has 1 aliphatic rings. The van der Waals surface area contributed by atoms with Gasteiger partial charge in [0.1, 0.15) is 5.84 Å². The lowest BCUT2D eigenvalue weighted by Crippen LogP contribution is -2.41. The van der Waals surface area contributed by atoms with E-state index in [9.17, 15) is 0 Å². The maximum absolute atomic E-state index is 8.81. The normalized spacial score (nSPS) is 18.9. The number of rotatable bonds is 9. The molecule has 3 N–H and O–H groups in total. The number of ether oxygens (including phenoxy) is 1. The summed E-state index contributed by atoms with van der Waals surface area (Å²) >= 11 is 0. The van der Waals surface area contributed by atoms with Crippen LogP contribution in [0, 0.1) is 11.3 Å². The predicted molar refractivity (Wildman–Crippen MR) is 77.4 cm³/mol. The van der Waals surface area contributed by atoms with Crippen molar-refractivity contribution in [3.8, 4) is 0 Å². The Labute approximate surface area is 116 Å². The third-order valence-electron chi connectivity index (χ3n) is 4.29. The summed E-state index contributed by atoms with van der Waals surface area (Å²) in [7, 11) is 1.74. The van der Waals surface area contributed by atoms with Crippen molar-refractivity contribution in [2.75, 3.05) is 26.8 Å². The van der Waals surface area contributed by atoms with Gasteiger partial charge >= 0.3 is 0 Å². The summed E-state index contributed by atoms with van der Waals surface area (Å²) in [6.45, 7) is 8.96. The van der Waals surface area contributed by atoms with Gasteiger partial charge in [-0.25, -0.2) is 0 Å². The Morgan fingerprint density at radius 2 is 2.11 bits per heavy atom.